The van der Waals surface area contributed by atoms with Gasteiger partial charge in [0.2, 0.25) is 0 Å². The molecule has 0 aromatic carbocycles. The second-order valence-electron chi connectivity index (χ2n) is 6.47. The summed E-state index contributed by atoms with van der Waals surface area (Å²) in [5.41, 5.74) is -0.151. The molecule has 0 radical (unpaired) electrons. The third kappa shape index (κ3) is 10.7. The summed E-state index contributed by atoms with van der Waals surface area (Å²) in [5, 5.41) is 0. The van der Waals surface area contributed by atoms with Crippen molar-refractivity contribution in [2.75, 3.05) is 33.0 Å². The summed E-state index contributed by atoms with van der Waals surface area (Å²) in [6, 6.07) is 0. The van der Waals surface area contributed by atoms with Gasteiger partial charge in [-0.25, -0.2) is 0 Å². The second-order valence-corrected chi connectivity index (χ2v) is 6.47. The van der Waals surface area contributed by atoms with Crippen LogP contribution in [0.3, 0.4) is 0 Å². The van der Waals surface area contributed by atoms with Gasteiger partial charge >= 0.3 is 0 Å². The van der Waals surface area contributed by atoms with Gasteiger partial charge in [0.1, 0.15) is 0 Å². The molecule has 0 bridgehead atoms. The Kier molecular flexibility index (Phi) is 12.0. The molecule has 0 N–H and O–H groups in total. The van der Waals surface area contributed by atoms with Crippen molar-refractivity contribution < 1.29 is 14.2 Å². The van der Waals surface area contributed by atoms with E-state index in [0.717, 1.165) is 6.42 Å². The minimum Gasteiger partial charge on any atom is -0.380 e. The molecule has 0 atom stereocenters. The van der Waals surface area contributed by atoms with Gasteiger partial charge in [0, 0.05) is 18.3 Å². The smallest absolute Gasteiger partial charge is 0.0575 e. The first-order chi connectivity index (χ1) is 10.5. The zero-order chi connectivity index (χ0) is 16.8. The molecular formula is C19H32O3. The van der Waals surface area contributed by atoms with Crippen molar-refractivity contribution in [3.8, 4) is 24.7 Å². The van der Waals surface area contributed by atoms with Crippen LogP contribution in [-0.4, -0.2) is 39.1 Å². The molecule has 0 aliphatic heterocycles. The zero-order valence-corrected chi connectivity index (χ0v) is 14.7. The topological polar surface area (TPSA) is 27.7 Å². The van der Waals surface area contributed by atoms with Crippen molar-refractivity contribution in [2.24, 2.45) is 11.3 Å². The third-order valence-electron chi connectivity index (χ3n) is 3.16. The molecule has 0 aliphatic rings. The van der Waals surface area contributed by atoms with E-state index < -0.39 is 0 Å². The Hall–Kier alpha value is -1.00. The maximum Gasteiger partial charge on any atom is 0.0575 e. The van der Waals surface area contributed by atoms with E-state index in [1.165, 1.54) is 0 Å². The number of terminal acetylenes is 2. The molecule has 0 aromatic heterocycles. The lowest BCUT2D eigenvalue weighted by atomic mass is 9.82. The largest absolute Gasteiger partial charge is 0.380 e. The summed E-state index contributed by atoms with van der Waals surface area (Å²) >= 11 is 0. The Balaban J connectivity index is 4.72. The van der Waals surface area contributed by atoms with E-state index in [1.54, 1.807) is 0 Å². The van der Waals surface area contributed by atoms with Gasteiger partial charge in [-0.1, -0.05) is 13.8 Å². The second kappa shape index (κ2) is 12.5. The molecule has 0 heterocycles. The van der Waals surface area contributed by atoms with Gasteiger partial charge in [0.05, 0.1) is 39.1 Å². The average Bonchev–Trinajstić information content (AvgIpc) is 2.45. The van der Waals surface area contributed by atoms with Crippen molar-refractivity contribution in [2.45, 2.75) is 53.1 Å². The predicted molar refractivity (Wildman–Crippen MR) is 91.5 cm³/mol. The fraction of sp³-hybridized carbons (Fsp3) is 0.789. The van der Waals surface area contributed by atoms with Crippen molar-refractivity contribution in [3.05, 3.63) is 0 Å². The van der Waals surface area contributed by atoms with Gasteiger partial charge in [0.25, 0.3) is 0 Å². The molecule has 3 heteroatoms. The fourth-order valence-corrected chi connectivity index (χ4v) is 2.35. The SMILES string of the molecule is C#CCCOCC(COCCC#C)(COC(C)C)CC(C)C. The van der Waals surface area contributed by atoms with Crippen LogP contribution >= 0.6 is 0 Å². The van der Waals surface area contributed by atoms with Gasteiger partial charge in [-0.3, -0.25) is 0 Å². The highest BCUT2D eigenvalue weighted by molar-refractivity contribution is 4.85. The van der Waals surface area contributed by atoms with Crippen LogP contribution in [0.25, 0.3) is 0 Å². The molecule has 0 fully saturated rings. The molecule has 126 valence electrons. The van der Waals surface area contributed by atoms with Gasteiger partial charge in [-0.2, -0.15) is 0 Å². The molecule has 0 aliphatic carbocycles. The highest BCUT2D eigenvalue weighted by Gasteiger charge is 2.33. The van der Waals surface area contributed by atoms with Crippen LogP contribution in [-0.2, 0) is 14.2 Å². The van der Waals surface area contributed by atoms with Crippen LogP contribution in [0, 0.1) is 36.0 Å². The highest BCUT2D eigenvalue weighted by atomic mass is 16.5. The minimum absolute atomic E-state index is 0.151. The summed E-state index contributed by atoms with van der Waals surface area (Å²) in [5.74, 6) is 5.72. The van der Waals surface area contributed by atoms with Crippen molar-refractivity contribution in [3.63, 3.8) is 0 Å². The monoisotopic (exact) mass is 308 g/mol. The summed E-state index contributed by atoms with van der Waals surface area (Å²) in [4.78, 5) is 0. The van der Waals surface area contributed by atoms with E-state index >= 15 is 0 Å². The maximum absolute atomic E-state index is 5.88. The number of rotatable bonds is 13. The van der Waals surface area contributed by atoms with E-state index in [2.05, 4.69) is 25.7 Å². The lowest BCUT2D eigenvalue weighted by Crippen LogP contribution is -2.39. The fourth-order valence-electron chi connectivity index (χ4n) is 2.35. The Morgan fingerprint density at radius 1 is 0.864 bits per heavy atom. The first-order valence-electron chi connectivity index (χ1n) is 8.10. The van der Waals surface area contributed by atoms with Crippen LogP contribution in [0.15, 0.2) is 0 Å². The molecule has 0 spiro atoms. The zero-order valence-electron chi connectivity index (χ0n) is 14.7. The minimum atomic E-state index is -0.151. The summed E-state index contributed by atoms with van der Waals surface area (Å²) in [6.07, 6.45) is 13.0. The van der Waals surface area contributed by atoms with Crippen LogP contribution in [0.5, 0.6) is 0 Å². The van der Waals surface area contributed by atoms with Crippen molar-refractivity contribution in [1.82, 2.24) is 0 Å². The maximum atomic E-state index is 5.88. The third-order valence-corrected chi connectivity index (χ3v) is 3.16. The molecule has 22 heavy (non-hydrogen) atoms. The van der Waals surface area contributed by atoms with Gasteiger partial charge < -0.3 is 14.2 Å². The first kappa shape index (κ1) is 21.0. The molecule has 0 saturated carbocycles. The van der Waals surface area contributed by atoms with Crippen LogP contribution in [0.1, 0.15) is 47.0 Å². The van der Waals surface area contributed by atoms with Crippen molar-refractivity contribution in [1.29, 1.82) is 0 Å². The Morgan fingerprint density at radius 2 is 1.36 bits per heavy atom. The van der Waals surface area contributed by atoms with Gasteiger partial charge in [0.15, 0.2) is 0 Å². The van der Waals surface area contributed by atoms with E-state index in [9.17, 15) is 0 Å². The molecule has 0 saturated heterocycles. The molecule has 0 rings (SSSR count). The molecule has 0 aromatic rings. The quantitative estimate of drug-likeness (QED) is 0.385. The molecule has 0 amide bonds. The van der Waals surface area contributed by atoms with Crippen LogP contribution in [0.2, 0.25) is 0 Å². The standard InChI is InChI=1S/C19H32O3/c1-7-9-11-20-14-19(13-17(3)4,16-22-18(5)6)15-21-12-10-8-2/h1-2,17-18H,9-16H2,3-6H3. The normalized spacial score (nSPS) is 11.6. The van der Waals surface area contributed by atoms with Crippen LogP contribution < -0.4 is 0 Å². The number of hydrogen-bond donors (Lipinski definition) is 0. The molecular weight excluding hydrogens is 276 g/mol. The predicted octanol–water partition coefficient (Wildman–Crippen LogP) is 3.52. The van der Waals surface area contributed by atoms with E-state index in [0.29, 0.717) is 51.8 Å². The molecule has 3 nitrogen and oxygen atoms in total. The van der Waals surface area contributed by atoms with E-state index in [1.807, 2.05) is 13.8 Å². The first-order valence-corrected chi connectivity index (χ1v) is 8.10. The van der Waals surface area contributed by atoms with Crippen LogP contribution in [0.4, 0.5) is 0 Å². The Morgan fingerprint density at radius 3 is 1.73 bits per heavy atom. The highest BCUT2D eigenvalue weighted by Crippen LogP contribution is 2.29. The van der Waals surface area contributed by atoms with Gasteiger partial charge in [-0.15, -0.1) is 24.7 Å². The number of hydrogen-bond acceptors (Lipinski definition) is 3. The summed E-state index contributed by atoms with van der Waals surface area (Å²) < 4.78 is 17.5. The van der Waals surface area contributed by atoms with Crippen molar-refractivity contribution >= 4 is 0 Å². The average molecular weight is 308 g/mol. The van der Waals surface area contributed by atoms with E-state index in [4.69, 9.17) is 27.1 Å². The van der Waals surface area contributed by atoms with Gasteiger partial charge in [-0.05, 0) is 26.2 Å². The van der Waals surface area contributed by atoms with E-state index in [-0.39, 0.29) is 11.5 Å². The lowest BCUT2D eigenvalue weighted by molar-refractivity contribution is -0.0889. The lowest BCUT2D eigenvalue weighted by Gasteiger charge is -2.35. The summed E-state index contributed by atoms with van der Waals surface area (Å²) in [6.45, 7) is 11.4. The Bertz CT molecular complexity index is 325. The molecule has 0 unspecified atom stereocenters. The number of ether oxygens (including phenoxy) is 3. The summed E-state index contributed by atoms with van der Waals surface area (Å²) in [7, 11) is 0. The Labute approximate surface area is 137 Å².